The smallest absolute Gasteiger partial charge is 0.241 e. The molecule has 6 heteroatoms. The first-order chi connectivity index (χ1) is 10.1. The number of hydrogen-bond donors (Lipinski definition) is 2. The van der Waals surface area contributed by atoms with E-state index in [4.69, 9.17) is 10.2 Å². The van der Waals surface area contributed by atoms with Gasteiger partial charge in [0, 0.05) is 18.5 Å². The molecule has 0 saturated heterocycles. The van der Waals surface area contributed by atoms with E-state index in [0.29, 0.717) is 12.0 Å². The van der Waals surface area contributed by atoms with Gasteiger partial charge in [-0.2, -0.15) is 0 Å². The second kappa shape index (κ2) is 7.09. The van der Waals surface area contributed by atoms with Crippen LogP contribution in [0, 0.1) is 11.8 Å². The lowest BCUT2D eigenvalue weighted by Crippen LogP contribution is -2.26. The zero-order valence-corrected chi connectivity index (χ0v) is 12.2. The number of rotatable bonds is 5. The number of furan rings is 1. The minimum absolute atomic E-state index is 0.158. The third-order valence-corrected chi connectivity index (χ3v) is 4.26. The summed E-state index contributed by atoms with van der Waals surface area (Å²) < 4.78 is 32.3. The van der Waals surface area contributed by atoms with Crippen molar-refractivity contribution in [1.29, 1.82) is 0 Å². The summed E-state index contributed by atoms with van der Waals surface area (Å²) in [7, 11) is -3.61. The quantitative estimate of drug-likeness (QED) is 0.810. The van der Waals surface area contributed by atoms with Gasteiger partial charge >= 0.3 is 0 Å². The zero-order chi connectivity index (χ0) is 15.1. The lowest BCUT2D eigenvalue weighted by Gasteiger charge is -2.07. The Balaban J connectivity index is 2.12. The third-order valence-electron chi connectivity index (χ3n) is 2.75. The number of hydrogen-bond acceptors (Lipinski definition) is 4. The summed E-state index contributed by atoms with van der Waals surface area (Å²) in [6.45, 7) is 0.439. The van der Waals surface area contributed by atoms with Crippen LogP contribution < -0.4 is 10.5 Å². The van der Waals surface area contributed by atoms with Crippen molar-refractivity contribution in [3.8, 4) is 11.8 Å². The molecule has 1 aromatic heterocycles. The van der Waals surface area contributed by atoms with Gasteiger partial charge in [0.2, 0.25) is 10.0 Å². The van der Waals surface area contributed by atoms with E-state index in [1.807, 2.05) is 0 Å². The van der Waals surface area contributed by atoms with Gasteiger partial charge in [0.05, 0.1) is 17.7 Å². The van der Waals surface area contributed by atoms with Gasteiger partial charge in [0.15, 0.2) is 0 Å². The fourth-order valence-corrected chi connectivity index (χ4v) is 2.98. The van der Waals surface area contributed by atoms with Gasteiger partial charge in [-0.1, -0.05) is 24.0 Å². The molecule has 0 unspecified atom stereocenters. The minimum Gasteiger partial charge on any atom is -0.469 e. The van der Waals surface area contributed by atoms with Crippen molar-refractivity contribution in [2.45, 2.75) is 11.3 Å². The highest BCUT2D eigenvalue weighted by Gasteiger charge is 2.16. The van der Waals surface area contributed by atoms with Crippen molar-refractivity contribution < 1.29 is 12.8 Å². The molecule has 3 N–H and O–H groups in total. The predicted octanol–water partition coefficient (Wildman–Crippen LogP) is 1.11. The average Bonchev–Trinajstić information content (AvgIpc) is 2.98. The Kier molecular flexibility index (Phi) is 5.17. The number of nitrogens with one attached hydrogen (secondary N) is 1. The normalized spacial score (nSPS) is 10.9. The Morgan fingerprint density at radius 2 is 2.00 bits per heavy atom. The molecule has 2 aromatic rings. The van der Waals surface area contributed by atoms with Crippen LogP contribution >= 0.6 is 0 Å². The summed E-state index contributed by atoms with van der Waals surface area (Å²) in [4.78, 5) is 0.158. The van der Waals surface area contributed by atoms with Crippen LogP contribution in [0.15, 0.2) is 52.0 Å². The van der Waals surface area contributed by atoms with E-state index in [-0.39, 0.29) is 18.0 Å². The molecule has 1 aromatic carbocycles. The first-order valence-electron chi connectivity index (χ1n) is 6.43. The molecule has 0 fully saturated rings. The molecule has 0 bridgehead atoms. The number of nitrogens with two attached hydrogens (primary N) is 1. The maximum atomic E-state index is 12.3. The summed E-state index contributed by atoms with van der Waals surface area (Å²) in [6, 6.07) is 10.1. The summed E-state index contributed by atoms with van der Waals surface area (Å²) in [5, 5.41) is 0. The predicted molar refractivity (Wildman–Crippen MR) is 80.0 cm³/mol. The molecule has 2 rings (SSSR count). The fourth-order valence-electron chi connectivity index (χ4n) is 1.79. The van der Waals surface area contributed by atoms with E-state index in [9.17, 15) is 8.42 Å². The van der Waals surface area contributed by atoms with Crippen molar-refractivity contribution in [2.75, 3.05) is 13.1 Å². The van der Waals surface area contributed by atoms with E-state index in [2.05, 4.69) is 16.6 Å². The molecule has 1 heterocycles. The van der Waals surface area contributed by atoms with Gasteiger partial charge in [-0.3, -0.25) is 0 Å². The zero-order valence-electron chi connectivity index (χ0n) is 11.4. The molecule has 0 radical (unpaired) electrons. The molecule has 0 aliphatic heterocycles. The van der Waals surface area contributed by atoms with Gasteiger partial charge in [0.1, 0.15) is 5.76 Å². The molecule has 0 atom stereocenters. The van der Waals surface area contributed by atoms with Gasteiger partial charge < -0.3 is 10.2 Å². The molecule has 0 amide bonds. The molecule has 0 saturated carbocycles. The first kappa shape index (κ1) is 15.3. The van der Waals surface area contributed by atoms with Crippen molar-refractivity contribution in [3.63, 3.8) is 0 Å². The summed E-state index contributed by atoms with van der Waals surface area (Å²) in [6.07, 6.45) is 2.05. The Morgan fingerprint density at radius 3 is 2.71 bits per heavy atom. The highest BCUT2D eigenvalue weighted by molar-refractivity contribution is 7.89. The van der Waals surface area contributed by atoms with Crippen LogP contribution in [0.3, 0.4) is 0 Å². The standard InChI is InChI=1S/C15H16N2O3S/c16-10-3-6-13-5-1-2-8-15(13)21(18,19)17-11-9-14-7-4-12-20-14/h1-2,4-5,7-8,12,17H,9-11,16H2. The van der Waals surface area contributed by atoms with E-state index in [0.717, 1.165) is 5.76 Å². The van der Waals surface area contributed by atoms with Crippen LogP contribution in [0.25, 0.3) is 0 Å². The van der Waals surface area contributed by atoms with Crippen LogP contribution in [0.2, 0.25) is 0 Å². The van der Waals surface area contributed by atoms with Crippen LogP contribution in [-0.2, 0) is 16.4 Å². The van der Waals surface area contributed by atoms with Gasteiger partial charge in [-0.25, -0.2) is 13.1 Å². The van der Waals surface area contributed by atoms with Crippen LogP contribution in [-0.4, -0.2) is 21.5 Å². The second-order valence-corrected chi connectivity index (χ2v) is 5.96. The molecule has 21 heavy (non-hydrogen) atoms. The van der Waals surface area contributed by atoms with Gasteiger partial charge in [-0.05, 0) is 24.3 Å². The molecule has 0 spiro atoms. The highest BCUT2D eigenvalue weighted by atomic mass is 32.2. The second-order valence-electron chi connectivity index (χ2n) is 4.23. The van der Waals surface area contributed by atoms with Crippen LogP contribution in [0.1, 0.15) is 11.3 Å². The topological polar surface area (TPSA) is 85.3 Å². The molecule has 5 nitrogen and oxygen atoms in total. The largest absolute Gasteiger partial charge is 0.469 e. The van der Waals surface area contributed by atoms with Crippen LogP contribution in [0.5, 0.6) is 0 Å². The Hall–Kier alpha value is -2.07. The fraction of sp³-hybridized carbons (Fsp3) is 0.200. The molecule has 0 aliphatic carbocycles. The summed E-state index contributed by atoms with van der Waals surface area (Å²) in [5.74, 6) is 6.17. The Bertz CT molecular complexity index is 741. The van der Waals surface area contributed by atoms with E-state index in [1.54, 1.807) is 36.6 Å². The maximum Gasteiger partial charge on any atom is 0.241 e. The summed E-state index contributed by atoms with van der Waals surface area (Å²) >= 11 is 0. The molecule has 110 valence electrons. The average molecular weight is 304 g/mol. The Morgan fingerprint density at radius 1 is 1.19 bits per heavy atom. The maximum absolute atomic E-state index is 12.3. The first-order valence-corrected chi connectivity index (χ1v) is 7.92. The van der Waals surface area contributed by atoms with Crippen molar-refractivity contribution in [2.24, 2.45) is 5.73 Å². The highest BCUT2D eigenvalue weighted by Crippen LogP contribution is 2.14. The minimum atomic E-state index is -3.61. The van der Waals surface area contributed by atoms with Gasteiger partial charge in [0.25, 0.3) is 0 Å². The SMILES string of the molecule is NCC#Cc1ccccc1S(=O)(=O)NCCc1ccco1. The monoisotopic (exact) mass is 304 g/mol. The van der Waals surface area contributed by atoms with Crippen molar-refractivity contribution >= 4 is 10.0 Å². The molecule has 0 aliphatic rings. The summed E-state index contributed by atoms with van der Waals surface area (Å²) in [5.41, 5.74) is 5.76. The van der Waals surface area contributed by atoms with E-state index < -0.39 is 10.0 Å². The molecular weight excluding hydrogens is 288 g/mol. The van der Waals surface area contributed by atoms with Gasteiger partial charge in [-0.15, -0.1) is 0 Å². The lowest BCUT2D eigenvalue weighted by atomic mass is 10.2. The Labute approximate surface area is 124 Å². The number of benzene rings is 1. The van der Waals surface area contributed by atoms with E-state index in [1.165, 1.54) is 6.07 Å². The van der Waals surface area contributed by atoms with Crippen molar-refractivity contribution in [3.05, 3.63) is 54.0 Å². The van der Waals surface area contributed by atoms with E-state index >= 15 is 0 Å². The number of sulfonamides is 1. The van der Waals surface area contributed by atoms with Crippen LogP contribution in [0.4, 0.5) is 0 Å². The molecular formula is C15H16N2O3S. The third kappa shape index (κ3) is 4.20. The lowest BCUT2D eigenvalue weighted by molar-refractivity contribution is 0.506. The van der Waals surface area contributed by atoms with Crippen molar-refractivity contribution in [1.82, 2.24) is 4.72 Å².